The maximum atomic E-state index is 6.09. The van der Waals surface area contributed by atoms with Gasteiger partial charge in [-0.1, -0.05) is 0 Å². The maximum absolute atomic E-state index is 6.09. The second-order valence-corrected chi connectivity index (χ2v) is 6.06. The van der Waals surface area contributed by atoms with Gasteiger partial charge in [0.25, 0.3) is 0 Å². The number of ether oxygens (including phenoxy) is 3. The van der Waals surface area contributed by atoms with Gasteiger partial charge in [-0.3, -0.25) is 15.1 Å². The van der Waals surface area contributed by atoms with E-state index >= 15 is 0 Å². The predicted molar refractivity (Wildman–Crippen MR) is 75.5 cm³/mol. The molecule has 3 saturated heterocycles. The molecule has 1 N–H and O–H groups in total. The van der Waals surface area contributed by atoms with E-state index in [0.717, 1.165) is 52.5 Å². The molecule has 3 fully saturated rings. The van der Waals surface area contributed by atoms with E-state index in [0.29, 0.717) is 18.4 Å². The van der Waals surface area contributed by atoms with E-state index in [1.807, 2.05) is 0 Å². The number of rotatable bonds is 2. The Labute approximate surface area is 121 Å². The first-order valence-corrected chi connectivity index (χ1v) is 7.78. The molecule has 0 saturated carbocycles. The summed E-state index contributed by atoms with van der Waals surface area (Å²) in [6.07, 6.45) is 1.15. The molecule has 0 aromatic carbocycles. The van der Waals surface area contributed by atoms with Gasteiger partial charge < -0.3 is 14.2 Å². The van der Waals surface area contributed by atoms with E-state index in [-0.39, 0.29) is 6.23 Å². The van der Waals surface area contributed by atoms with Crippen LogP contribution in [0.25, 0.3) is 0 Å². The van der Waals surface area contributed by atoms with Crippen molar-refractivity contribution in [3.8, 4) is 0 Å². The number of morpholine rings is 3. The molecule has 116 valence electrons. The topological polar surface area (TPSA) is 46.2 Å². The van der Waals surface area contributed by atoms with Crippen molar-refractivity contribution >= 4 is 0 Å². The summed E-state index contributed by atoms with van der Waals surface area (Å²) in [6, 6.07) is 0. The molecule has 6 nitrogen and oxygen atoms in total. The Morgan fingerprint density at radius 1 is 0.900 bits per heavy atom. The van der Waals surface area contributed by atoms with Crippen LogP contribution >= 0.6 is 0 Å². The molecule has 0 radical (unpaired) electrons. The van der Waals surface area contributed by atoms with Crippen LogP contribution < -0.4 is 5.32 Å². The minimum Gasteiger partial charge on any atom is -0.376 e. The lowest BCUT2D eigenvalue weighted by Crippen LogP contribution is -2.62. The van der Waals surface area contributed by atoms with Crippen molar-refractivity contribution in [1.29, 1.82) is 0 Å². The maximum Gasteiger partial charge on any atom is 0.123 e. The molecule has 3 aliphatic heterocycles. The van der Waals surface area contributed by atoms with Crippen LogP contribution in [-0.2, 0) is 14.2 Å². The third-order valence-corrected chi connectivity index (χ3v) is 4.37. The number of hydrogen-bond acceptors (Lipinski definition) is 6. The average molecular weight is 285 g/mol. The van der Waals surface area contributed by atoms with Crippen molar-refractivity contribution in [1.82, 2.24) is 15.1 Å². The molecule has 0 bridgehead atoms. The summed E-state index contributed by atoms with van der Waals surface area (Å²) in [6.45, 7) is 11.4. The van der Waals surface area contributed by atoms with Gasteiger partial charge in [-0.05, 0) is 13.8 Å². The second-order valence-electron chi connectivity index (χ2n) is 6.06. The van der Waals surface area contributed by atoms with Crippen LogP contribution in [0.3, 0.4) is 0 Å². The third kappa shape index (κ3) is 3.50. The number of nitrogens with one attached hydrogen (secondary N) is 1. The Hall–Kier alpha value is -0.240. The van der Waals surface area contributed by atoms with E-state index < -0.39 is 0 Å². The van der Waals surface area contributed by atoms with Crippen LogP contribution in [0.4, 0.5) is 0 Å². The van der Waals surface area contributed by atoms with Gasteiger partial charge in [-0.25, -0.2) is 0 Å². The molecule has 0 aromatic rings. The van der Waals surface area contributed by atoms with Crippen LogP contribution in [-0.4, -0.2) is 86.9 Å². The Kier molecular flexibility index (Phi) is 4.91. The molecule has 4 unspecified atom stereocenters. The minimum absolute atomic E-state index is 0.191. The fourth-order valence-corrected chi connectivity index (χ4v) is 3.26. The van der Waals surface area contributed by atoms with Crippen molar-refractivity contribution in [2.75, 3.05) is 52.5 Å². The third-order valence-electron chi connectivity index (χ3n) is 4.37. The van der Waals surface area contributed by atoms with E-state index in [1.165, 1.54) is 0 Å². The second kappa shape index (κ2) is 6.68. The molecule has 3 rings (SSSR count). The fourth-order valence-electron chi connectivity index (χ4n) is 3.26. The van der Waals surface area contributed by atoms with Gasteiger partial charge in [0.2, 0.25) is 0 Å². The zero-order chi connectivity index (χ0) is 13.9. The summed E-state index contributed by atoms with van der Waals surface area (Å²) in [5.41, 5.74) is 0. The quantitative estimate of drug-likeness (QED) is 0.752. The van der Waals surface area contributed by atoms with Gasteiger partial charge in [-0.15, -0.1) is 0 Å². The van der Waals surface area contributed by atoms with Crippen LogP contribution in [0.15, 0.2) is 0 Å². The lowest BCUT2D eigenvalue weighted by molar-refractivity contribution is -0.154. The Balaban J connectivity index is 1.46. The van der Waals surface area contributed by atoms with E-state index in [9.17, 15) is 0 Å². The first-order chi connectivity index (χ1) is 9.72. The van der Waals surface area contributed by atoms with Gasteiger partial charge in [-0.2, -0.15) is 0 Å². The largest absolute Gasteiger partial charge is 0.376 e. The highest BCUT2D eigenvalue weighted by Gasteiger charge is 2.32. The van der Waals surface area contributed by atoms with E-state index in [2.05, 4.69) is 29.0 Å². The van der Waals surface area contributed by atoms with Crippen molar-refractivity contribution in [3.05, 3.63) is 0 Å². The van der Waals surface area contributed by atoms with Crippen molar-refractivity contribution in [2.45, 2.75) is 38.4 Å². The van der Waals surface area contributed by atoms with Crippen LogP contribution in [0.5, 0.6) is 0 Å². The highest BCUT2D eigenvalue weighted by molar-refractivity contribution is 4.82. The number of hydrogen-bond donors (Lipinski definition) is 1. The van der Waals surface area contributed by atoms with Crippen molar-refractivity contribution in [3.63, 3.8) is 0 Å². The van der Waals surface area contributed by atoms with E-state index in [1.54, 1.807) is 0 Å². The molecule has 6 heteroatoms. The normalized spacial score (nSPS) is 41.7. The number of nitrogens with zero attached hydrogens (tertiary/aromatic N) is 2. The lowest BCUT2D eigenvalue weighted by Gasteiger charge is -2.44. The van der Waals surface area contributed by atoms with Crippen LogP contribution in [0.1, 0.15) is 13.8 Å². The van der Waals surface area contributed by atoms with Gasteiger partial charge in [0.05, 0.1) is 38.2 Å². The molecule has 0 amide bonds. The zero-order valence-corrected chi connectivity index (χ0v) is 12.6. The minimum atomic E-state index is 0.191. The summed E-state index contributed by atoms with van der Waals surface area (Å²) < 4.78 is 17.3. The van der Waals surface area contributed by atoms with Gasteiger partial charge >= 0.3 is 0 Å². The van der Waals surface area contributed by atoms with Crippen molar-refractivity contribution in [2.24, 2.45) is 0 Å². The monoisotopic (exact) mass is 285 g/mol. The Morgan fingerprint density at radius 3 is 2.15 bits per heavy atom. The summed E-state index contributed by atoms with van der Waals surface area (Å²) in [7, 11) is 0. The van der Waals surface area contributed by atoms with Crippen molar-refractivity contribution < 1.29 is 14.2 Å². The molecule has 0 spiro atoms. The summed E-state index contributed by atoms with van der Waals surface area (Å²) in [5, 5.41) is 3.63. The smallest absolute Gasteiger partial charge is 0.123 e. The fraction of sp³-hybridized carbons (Fsp3) is 1.00. The zero-order valence-electron chi connectivity index (χ0n) is 12.6. The average Bonchev–Trinajstić information content (AvgIpc) is 2.47. The van der Waals surface area contributed by atoms with Gasteiger partial charge in [0.15, 0.2) is 0 Å². The summed E-state index contributed by atoms with van der Waals surface area (Å²) in [4.78, 5) is 4.83. The lowest BCUT2D eigenvalue weighted by atomic mass is 10.2. The highest BCUT2D eigenvalue weighted by Crippen LogP contribution is 2.15. The first kappa shape index (κ1) is 14.7. The molecular formula is C14H27N3O3. The molecule has 3 heterocycles. The first-order valence-electron chi connectivity index (χ1n) is 7.78. The highest BCUT2D eigenvalue weighted by atomic mass is 16.5. The Morgan fingerprint density at radius 2 is 1.55 bits per heavy atom. The van der Waals surface area contributed by atoms with E-state index in [4.69, 9.17) is 14.2 Å². The summed E-state index contributed by atoms with van der Waals surface area (Å²) >= 11 is 0. The molecule has 4 atom stereocenters. The standard InChI is InChI=1S/C14H27N3O3/c1-11-8-16(3-5-18-11)13-10-20-14(7-15-13)17-4-6-19-12(2)9-17/h11-15H,3-10H2,1-2H3. The van der Waals surface area contributed by atoms with Gasteiger partial charge in [0, 0.05) is 32.7 Å². The van der Waals surface area contributed by atoms with Crippen LogP contribution in [0, 0.1) is 0 Å². The molecule has 3 aliphatic rings. The van der Waals surface area contributed by atoms with Gasteiger partial charge in [0.1, 0.15) is 6.23 Å². The SMILES string of the molecule is CC1CN(C2COC(N3CCOC(C)C3)CN2)CCO1. The predicted octanol–water partition coefficient (Wildman–Crippen LogP) is -0.300. The molecule has 0 aliphatic carbocycles. The van der Waals surface area contributed by atoms with Crippen LogP contribution in [0.2, 0.25) is 0 Å². The molecular weight excluding hydrogens is 258 g/mol. The molecule has 20 heavy (non-hydrogen) atoms. The molecule has 0 aromatic heterocycles. The Bertz CT molecular complexity index is 280. The summed E-state index contributed by atoms with van der Waals surface area (Å²) in [5.74, 6) is 0.